The van der Waals surface area contributed by atoms with Crippen molar-refractivity contribution in [2.75, 3.05) is 32.9 Å². The van der Waals surface area contributed by atoms with Gasteiger partial charge < -0.3 is 19.5 Å². The highest BCUT2D eigenvalue weighted by molar-refractivity contribution is 5.78. The van der Waals surface area contributed by atoms with Crippen molar-refractivity contribution in [3.05, 3.63) is 0 Å². The van der Waals surface area contributed by atoms with Crippen molar-refractivity contribution < 1.29 is 24.2 Å². The van der Waals surface area contributed by atoms with Gasteiger partial charge in [-0.1, -0.05) is 0 Å². The number of carboxylic acid groups (broad SMARTS) is 1. The Bertz CT molecular complexity index is 272. The predicted molar refractivity (Wildman–Crippen MR) is 55.1 cm³/mol. The maximum atomic E-state index is 11.4. The molecule has 0 unspecified atom stereocenters. The van der Waals surface area contributed by atoms with E-state index in [1.807, 2.05) is 6.92 Å². The molecule has 0 aromatic heterocycles. The summed E-state index contributed by atoms with van der Waals surface area (Å²) in [6.07, 6.45) is 0. The Hall–Kier alpha value is -1.14. The summed E-state index contributed by atoms with van der Waals surface area (Å²) in [6, 6.07) is 0. The van der Waals surface area contributed by atoms with E-state index in [0.29, 0.717) is 19.7 Å². The van der Waals surface area contributed by atoms with Gasteiger partial charge in [-0.15, -0.1) is 0 Å². The first-order chi connectivity index (χ1) is 7.47. The summed E-state index contributed by atoms with van der Waals surface area (Å²) in [6.45, 7) is 4.71. The largest absolute Gasteiger partial charge is 0.480 e. The van der Waals surface area contributed by atoms with Crippen LogP contribution in [0.2, 0.25) is 0 Å². The van der Waals surface area contributed by atoms with Crippen molar-refractivity contribution in [2.24, 2.45) is 0 Å². The number of nitrogens with zero attached hydrogens (tertiary/aromatic N) is 1. The zero-order valence-electron chi connectivity index (χ0n) is 9.56. The molecule has 16 heavy (non-hydrogen) atoms. The van der Waals surface area contributed by atoms with Gasteiger partial charge in [0.25, 0.3) is 0 Å². The molecule has 0 bridgehead atoms. The summed E-state index contributed by atoms with van der Waals surface area (Å²) in [5.41, 5.74) is -0.528. The van der Waals surface area contributed by atoms with Gasteiger partial charge in [0, 0.05) is 6.61 Å². The van der Waals surface area contributed by atoms with Crippen LogP contribution >= 0.6 is 0 Å². The molecular formula is C10H17NO5. The Morgan fingerprint density at radius 1 is 1.38 bits per heavy atom. The number of hydrogen-bond acceptors (Lipinski definition) is 4. The quantitative estimate of drug-likeness (QED) is 0.680. The molecule has 1 N–H and O–H groups in total. The van der Waals surface area contributed by atoms with Crippen molar-refractivity contribution in [2.45, 2.75) is 19.4 Å². The minimum atomic E-state index is -1.000. The fourth-order valence-electron chi connectivity index (χ4n) is 1.55. The number of amides is 1. The summed E-state index contributed by atoms with van der Waals surface area (Å²) in [5.74, 6) is -1.08. The smallest absolute Gasteiger partial charge is 0.329 e. The van der Waals surface area contributed by atoms with E-state index < -0.39 is 11.6 Å². The highest BCUT2D eigenvalue weighted by atomic mass is 16.5. The molecule has 6 heteroatoms. The van der Waals surface area contributed by atoms with Crippen molar-refractivity contribution in [1.29, 1.82) is 0 Å². The van der Waals surface area contributed by atoms with E-state index in [1.54, 1.807) is 11.8 Å². The summed E-state index contributed by atoms with van der Waals surface area (Å²) >= 11 is 0. The fourth-order valence-corrected chi connectivity index (χ4v) is 1.55. The SMILES string of the molecule is CCOCC(=O)N1CC(C)(OCC(=O)O)C1. The van der Waals surface area contributed by atoms with Crippen molar-refractivity contribution in [1.82, 2.24) is 4.90 Å². The van der Waals surface area contributed by atoms with Crippen molar-refractivity contribution >= 4 is 11.9 Å². The summed E-state index contributed by atoms with van der Waals surface area (Å²) in [5, 5.41) is 8.46. The number of carbonyl (C=O) groups excluding carboxylic acids is 1. The highest BCUT2D eigenvalue weighted by Crippen LogP contribution is 2.24. The van der Waals surface area contributed by atoms with Gasteiger partial charge >= 0.3 is 5.97 Å². The molecule has 0 radical (unpaired) electrons. The Morgan fingerprint density at radius 3 is 2.50 bits per heavy atom. The molecule has 0 aliphatic carbocycles. The monoisotopic (exact) mass is 231 g/mol. The number of ether oxygens (including phenoxy) is 2. The van der Waals surface area contributed by atoms with Gasteiger partial charge in [0.15, 0.2) is 0 Å². The van der Waals surface area contributed by atoms with Crippen LogP contribution in [-0.2, 0) is 19.1 Å². The second kappa shape index (κ2) is 5.27. The number of rotatable bonds is 6. The molecule has 1 fully saturated rings. The highest BCUT2D eigenvalue weighted by Gasteiger charge is 2.42. The van der Waals surface area contributed by atoms with E-state index in [4.69, 9.17) is 14.6 Å². The third-order valence-corrected chi connectivity index (χ3v) is 2.38. The summed E-state index contributed by atoms with van der Waals surface area (Å²) in [4.78, 5) is 23.4. The van der Waals surface area contributed by atoms with Gasteiger partial charge in [0.2, 0.25) is 5.91 Å². The van der Waals surface area contributed by atoms with Gasteiger partial charge in [0.1, 0.15) is 18.8 Å². The molecule has 1 saturated heterocycles. The molecule has 1 aliphatic heterocycles. The number of carbonyl (C=O) groups is 2. The number of likely N-dealkylation sites (tertiary alicyclic amines) is 1. The van der Waals surface area contributed by atoms with Crippen LogP contribution in [0, 0.1) is 0 Å². The van der Waals surface area contributed by atoms with E-state index in [9.17, 15) is 9.59 Å². The van der Waals surface area contributed by atoms with Gasteiger partial charge in [-0.25, -0.2) is 4.79 Å². The van der Waals surface area contributed by atoms with Gasteiger partial charge in [0.05, 0.1) is 13.1 Å². The van der Waals surface area contributed by atoms with Crippen molar-refractivity contribution in [3.63, 3.8) is 0 Å². The first kappa shape index (κ1) is 12.9. The molecule has 1 aliphatic rings. The lowest BCUT2D eigenvalue weighted by molar-refractivity contribution is -0.175. The summed E-state index contributed by atoms with van der Waals surface area (Å²) in [7, 11) is 0. The van der Waals surface area contributed by atoms with E-state index in [1.165, 1.54) is 0 Å². The molecule has 92 valence electrons. The Labute approximate surface area is 94.1 Å². The fraction of sp³-hybridized carbons (Fsp3) is 0.800. The third-order valence-electron chi connectivity index (χ3n) is 2.38. The van der Waals surface area contributed by atoms with Crippen LogP contribution in [-0.4, -0.2) is 60.4 Å². The zero-order chi connectivity index (χ0) is 12.2. The topological polar surface area (TPSA) is 76.1 Å². The summed E-state index contributed by atoms with van der Waals surface area (Å²) < 4.78 is 10.2. The average Bonchev–Trinajstić information content (AvgIpc) is 2.19. The minimum absolute atomic E-state index is 0.0749. The van der Waals surface area contributed by atoms with Crippen LogP contribution in [0.1, 0.15) is 13.8 Å². The van der Waals surface area contributed by atoms with Crippen molar-refractivity contribution in [3.8, 4) is 0 Å². The molecule has 1 rings (SSSR count). The molecule has 1 amide bonds. The van der Waals surface area contributed by atoms with E-state index in [-0.39, 0.29) is 19.1 Å². The normalized spacial score (nSPS) is 18.0. The second-order valence-corrected chi connectivity index (χ2v) is 4.02. The number of carboxylic acids is 1. The molecule has 6 nitrogen and oxygen atoms in total. The predicted octanol–water partition coefficient (Wildman–Crippen LogP) is -0.275. The Balaban J connectivity index is 2.24. The first-order valence-corrected chi connectivity index (χ1v) is 5.18. The molecule has 0 aromatic rings. The van der Waals surface area contributed by atoms with Gasteiger partial charge in [-0.2, -0.15) is 0 Å². The van der Waals surface area contributed by atoms with Crippen LogP contribution in [0.15, 0.2) is 0 Å². The maximum absolute atomic E-state index is 11.4. The number of hydrogen-bond donors (Lipinski definition) is 1. The van der Waals surface area contributed by atoms with Crippen LogP contribution in [0.25, 0.3) is 0 Å². The zero-order valence-corrected chi connectivity index (χ0v) is 9.56. The molecule has 1 heterocycles. The second-order valence-electron chi connectivity index (χ2n) is 4.02. The number of aliphatic carboxylic acids is 1. The van der Waals surface area contributed by atoms with Crippen LogP contribution in [0.5, 0.6) is 0 Å². The lowest BCUT2D eigenvalue weighted by Crippen LogP contribution is -2.64. The molecule has 0 aromatic carbocycles. The molecule has 0 atom stereocenters. The Kier molecular flexibility index (Phi) is 4.26. The van der Waals surface area contributed by atoms with Crippen LogP contribution < -0.4 is 0 Å². The average molecular weight is 231 g/mol. The Morgan fingerprint density at radius 2 is 2.00 bits per heavy atom. The molecule has 0 spiro atoms. The van der Waals surface area contributed by atoms with Gasteiger partial charge in [-0.3, -0.25) is 4.79 Å². The maximum Gasteiger partial charge on any atom is 0.329 e. The third kappa shape index (κ3) is 3.46. The van der Waals surface area contributed by atoms with Crippen LogP contribution in [0.4, 0.5) is 0 Å². The van der Waals surface area contributed by atoms with Gasteiger partial charge in [-0.05, 0) is 13.8 Å². The lowest BCUT2D eigenvalue weighted by atomic mass is 9.96. The van der Waals surface area contributed by atoms with Crippen LogP contribution in [0.3, 0.4) is 0 Å². The van der Waals surface area contributed by atoms with E-state index in [2.05, 4.69) is 0 Å². The van der Waals surface area contributed by atoms with E-state index >= 15 is 0 Å². The molecule has 0 saturated carbocycles. The van der Waals surface area contributed by atoms with E-state index in [0.717, 1.165) is 0 Å². The standard InChI is InChI=1S/C10H17NO5/c1-3-15-4-8(12)11-6-10(2,7-11)16-5-9(13)14/h3-7H2,1-2H3,(H,13,14). The lowest BCUT2D eigenvalue weighted by Gasteiger charge is -2.47. The molecular weight excluding hydrogens is 214 g/mol. The first-order valence-electron chi connectivity index (χ1n) is 5.18. The minimum Gasteiger partial charge on any atom is -0.480 e.